The molecule has 0 bridgehead atoms. The van der Waals surface area contributed by atoms with Crippen molar-refractivity contribution >= 4 is 19.7 Å². The van der Waals surface area contributed by atoms with Gasteiger partial charge in [0.25, 0.3) is 14.6 Å². The molecule has 0 spiro atoms. The van der Waals surface area contributed by atoms with Crippen LogP contribution in [0.1, 0.15) is 5.56 Å². The Morgan fingerprint density at radius 1 is 1.23 bits per heavy atom. The van der Waals surface area contributed by atoms with Gasteiger partial charge in [0.15, 0.2) is 5.03 Å². The molecule has 8 heteroatoms. The fourth-order valence-electron chi connectivity index (χ4n) is 0.772. The highest BCUT2D eigenvalue weighted by molar-refractivity contribution is 8.13. The van der Waals surface area contributed by atoms with Crippen LogP contribution in [0.15, 0.2) is 14.6 Å². The molecule has 0 aliphatic heterocycles. The van der Waals surface area contributed by atoms with Crippen LogP contribution in [-0.4, -0.2) is 18.4 Å². The van der Waals surface area contributed by atoms with Gasteiger partial charge in [0.1, 0.15) is 0 Å². The molecule has 2 N–H and O–H groups in total. The molecule has 72 valence electrons. The molecule has 0 aliphatic carbocycles. The highest BCUT2D eigenvalue weighted by Gasteiger charge is 2.16. The lowest BCUT2D eigenvalue weighted by molar-refractivity contribution is 0.603. The Balaban J connectivity index is 3.76. The van der Waals surface area contributed by atoms with Gasteiger partial charge in [0, 0.05) is 10.7 Å². The van der Waals surface area contributed by atoms with E-state index in [0.717, 1.165) is 0 Å². The lowest BCUT2D eigenvalue weighted by atomic mass is 10.4. The van der Waals surface area contributed by atoms with E-state index in [0.29, 0.717) is 0 Å². The van der Waals surface area contributed by atoms with Crippen LogP contribution in [0.5, 0.6) is 0 Å². The van der Waals surface area contributed by atoms with Crippen LogP contribution >= 0.6 is 10.7 Å². The minimum atomic E-state index is -4.08. The molecule has 1 aromatic rings. The van der Waals surface area contributed by atoms with E-state index in [-0.39, 0.29) is 5.56 Å². The molecular weight excluding hydrogens is 220 g/mol. The summed E-state index contributed by atoms with van der Waals surface area (Å²) < 4.78 is 21.6. The number of hydrogen-bond donors (Lipinski definition) is 2. The molecule has 0 radical (unpaired) electrons. The molecule has 1 heterocycles. The summed E-state index contributed by atoms with van der Waals surface area (Å²) in [5, 5.41) is -0.567. The Bertz CT molecular complexity index is 540. The van der Waals surface area contributed by atoms with Gasteiger partial charge in [-0.25, -0.2) is 13.2 Å². The summed E-state index contributed by atoms with van der Waals surface area (Å²) in [5.41, 5.74) is -1.83. The number of aromatic amines is 2. The summed E-state index contributed by atoms with van der Waals surface area (Å²) >= 11 is 0. The zero-order chi connectivity index (χ0) is 10.2. The lowest BCUT2D eigenvalue weighted by Gasteiger charge is -1.97. The Kier molecular flexibility index (Phi) is 2.31. The standard InChI is InChI=1S/C5H5ClN2O4S/c1-2-3(9)7-5(10)8-4(2)13(6,11)12/h1H3,(H2,7,8,9,10). The second-order valence-corrected chi connectivity index (χ2v) is 4.80. The summed E-state index contributed by atoms with van der Waals surface area (Å²) in [6.45, 7) is 1.24. The minimum Gasteiger partial charge on any atom is -0.296 e. The first kappa shape index (κ1) is 10.0. The van der Waals surface area contributed by atoms with Crippen LogP contribution in [0, 0.1) is 6.92 Å². The van der Waals surface area contributed by atoms with Crippen LogP contribution in [-0.2, 0) is 9.05 Å². The summed E-state index contributed by atoms with van der Waals surface area (Å²) in [5.74, 6) is 0. The zero-order valence-electron chi connectivity index (χ0n) is 6.42. The number of H-pyrrole nitrogens is 2. The third-order valence-electron chi connectivity index (χ3n) is 1.38. The van der Waals surface area contributed by atoms with Crippen LogP contribution < -0.4 is 11.2 Å². The summed E-state index contributed by atoms with van der Waals surface area (Å²) in [4.78, 5) is 25.4. The van der Waals surface area contributed by atoms with Crippen molar-refractivity contribution in [3.05, 3.63) is 26.4 Å². The molecule has 1 rings (SSSR count). The molecule has 0 saturated carbocycles. The smallest absolute Gasteiger partial charge is 0.296 e. The minimum absolute atomic E-state index is 0.144. The summed E-state index contributed by atoms with van der Waals surface area (Å²) in [6, 6.07) is 0. The van der Waals surface area contributed by atoms with Gasteiger partial charge in [-0.2, -0.15) is 0 Å². The van der Waals surface area contributed by atoms with E-state index in [9.17, 15) is 18.0 Å². The second-order valence-electron chi connectivity index (χ2n) is 2.30. The largest absolute Gasteiger partial charge is 0.326 e. The zero-order valence-corrected chi connectivity index (χ0v) is 7.99. The molecule has 0 aromatic carbocycles. The van der Waals surface area contributed by atoms with Crippen LogP contribution in [0.3, 0.4) is 0 Å². The highest BCUT2D eigenvalue weighted by Crippen LogP contribution is 2.10. The van der Waals surface area contributed by atoms with Crippen molar-refractivity contribution in [1.82, 2.24) is 9.97 Å². The van der Waals surface area contributed by atoms with Crippen molar-refractivity contribution in [3.8, 4) is 0 Å². The molecule has 0 unspecified atom stereocenters. The first-order valence-corrected chi connectivity index (χ1v) is 5.41. The molecule has 6 nitrogen and oxygen atoms in total. The molecule has 0 amide bonds. The van der Waals surface area contributed by atoms with E-state index in [1.54, 1.807) is 0 Å². The second kappa shape index (κ2) is 3.00. The van der Waals surface area contributed by atoms with Gasteiger partial charge >= 0.3 is 5.69 Å². The molecule has 0 saturated heterocycles. The molecule has 1 aromatic heterocycles. The Morgan fingerprint density at radius 3 is 2.23 bits per heavy atom. The molecule has 13 heavy (non-hydrogen) atoms. The maximum absolute atomic E-state index is 10.9. The number of rotatable bonds is 1. The van der Waals surface area contributed by atoms with Gasteiger partial charge in [-0.1, -0.05) is 0 Å². The molecular formula is C5H5ClN2O4S. The van der Waals surface area contributed by atoms with Crippen molar-refractivity contribution in [3.63, 3.8) is 0 Å². The average molecular weight is 225 g/mol. The average Bonchev–Trinajstić information content (AvgIpc) is 1.94. The normalized spacial score (nSPS) is 11.5. The molecule has 0 fully saturated rings. The van der Waals surface area contributed by atoms with Crippen LogP contribution in [0.4, 0.5) is 0 Å². The van der Waals surface area contributed by atoms with E-state index in [4.69, 9.17) is 10.7 Å². The number of hydrogen-bond acceptors (Lipinski definition) is 4. The van der Waals surface area contributed by atoms with Crippen LogP contribution in [0.2, 0.25) is 0 Å². The first-order chi connectivity index (χ1) is 5.82. The van der Waals surface area contributed by atoms with E-state index in [1.165, 1.54) is 6.92 Å². The van der Waals surface area contributed by atoms with Crippen molar-refractivity contribution in [1.29, 1.82) is 0 Å². The van der Waals surface area contributed by atoms with Gasteiger partial charge in [-0.05, 0) is 6.92 Å². The quantitative estimate of drug-likeness (QED) is 0.487. The first-order valence-electron chi connectivity index (χ1n) is 3.10. The van der Waals surface area contributed by atoms with Gasteiger partial charge < -0.3 is 0 Å². The van der Waals surface area contributed by atoms with Crippen molar-refractivity contribution in [2.45, 2.75) is 11.9 Å². The Morgan fingerprint density at radius 2 is 1.77 bits per heavy atom. The van der Waals surface area contributed by atoms with E-state index in [1.807, 2.05) is 9.97 Å². The highest BCUT2D eigenvalue weighted by atomic mass is 35.7. The number of halogens is 1. The van der Waals surface area contributed by atoms with Gasteiger partial charge in [-0.15, -0.1) is 0 Å². The SMILES string of the molecule is Cc1c(S(=O)(=O)Cl)[nH]c(=O)[nH]c1=O. The number of aromatic nitrogens is 2. The maximum Gasteiger partial charge on any atom is 0.326 e. The van der Waals surface area contributed by atoms with E-state index >= 15 is 0 Å². The van der Waals surface area contributed by atoms with Gasteiger partial charge in [-0.3, -0.25) is 14.8 Å². The van der Waals surface area contributed by atoms with Gasteiger partial charge in [0.2, 0.25) is 0 Å². The van der Waals surface area contributed by atoms with E-state index < -0.39 is 25.3 Å². The third kappa shape index (κ3) is 1.99. The third-order valence-corrected chi connectivity index (χ3v) is 2.74. The fraction of sp³-hybridized carbons (Fsp3) is 0.200. The Hall–Kier alpha value is -1.08. The van der Waals surface area contributed by atoms with Crippen LogP contribution in [0.25, 0.3) is 0 Å². The summed E-state index contributed by atoms with van der Waals surface area (Å²) in [7, 11) is 0.875. The van der Waals surface area contributed by atoms with Crippen molar-refractivity contribution in [2.24, 2.45) is 0 Å². The molecule has 0 aliphatic rings. The lowest BCUT2D eigenvalue weighted by Crippen LogP contribution is -2.27. The van der Waals surface area contributed by atoms with Crippen molar-refractivity contribution < 1.29 is 8.42 Å². The van der Waals surface area contributed by atoms with Gasteiger partial charge in [0.05, 0.1) is 5.56 Å². The summed E-state index contributed by atoms with van der Waals surface area (Å²) in [6.07, 6.45) is 0. The van der Waals surface area contributed by atoms with E-state index in [2.05, 4.69) is 0 Å². The monoisotopic (exact) mass is 224 g/mol. The Labute approximate surface area is 77.0 Å². The number of nitrogens with one attached hydrogen (secondary N) is 2. The topological polar surface area (TPSA) is 99.9 Å². The maximum atomic E-state index is 10.9. The molecule has 0 atom stereocenters. The fourth-order valence-corrected chi connectivity index (χ4v) is 1.91. The van der Waals surface area contributed by atoms with Crippen molar-refractivity contribution in [2.75, 3.05) is 0 Å². The predicted octanol–water partition coefficient (Wildman–Crippen LogP) is -0.701. The predicted molar refractivity (Wildman–Crippen MR) is 45.5 cm³/mol.